The maximum atomic E-state index is 12.9. The van der Waals surface area contributed by atoms with E-state index in [2.05, 4.69) is 4.98 Å². The first-order valence-electron chi connectivity index (χ1n) is 10.1. The van der Waals surface area contributed by atoms with Crippen LogP contribution in [0.2, 0.25) is 0 Å². The number of para-hydroxylation sites is 1. The van der Waals surface area contributed by atoms with Gasteiger partial charge in [-0.1, -0.05) is 24.3 Å². The number of rotatable bonds is 6. The fourth-order valence-corrected chi connectivity index (χ4v) is 5.25. The Morgan fingerprint density at radius 1 is 1.06 bits per heavy atom. The van der Waals surface area contributed by atoms with Crippen LogP contribution in [-0.4, -0.2) is 43.9 Å². The molecule has 1 saturated heterocycles. The van der Waals surface area contributed by atoms with E-state index in [1.807, 2.05) is 30.3 Å². The molecule has 0 amide bonds. The van der Waals surface area contributed by atoms with Gasteiger partial charge in [-0.25, -0.2) is 8.42 Å². The molecule has 0 aliphatic carbocycles. The van der Waals surface area contributed by atoms with Gasteiger partial charge < -0.3 is 9.47 Å². The molecule has 0 unspecified atom stereocenters. The fourth-order valence-electron chi connectivity index (χ4n) is 3.78. The average molecular weight is 441 g/mol. The maximum absolute atomic E-state index is 12.9. The summed E-state index contributed by atoms with van der Waals surface area (Å²) in [7, 11) is -2.07. The van der Waals surface area contributed by atoms with Crippen LogP contribution < -0.4 is 4.74 Å². The molecule has 0 spiro atoms. The van der Waals surface area contributed by atoms with Crippen LogP contribution in [0.3, 0.4) is 0 Å². The second kappa shape index (κ2) is 9.03. The van der Waals surface area contributed by atoms with Crippen LogP contribution >= 0.6 is 0 Å². The van der Waals surface area contributed by atoms with Gasteiger partial charge in [0.15, 0.2) is 0 Å². The number of ether oxygens (including phenoxy) is 2. The van der Waals surface area contributed by atoms with E-state index in [0.717, 1.165) is 16.5 Å². The number of aromatic nitrogens is 1. The van der Waals surface area contributed by atoms with E-state index in [1.54, 1.807) is 18.3 Å². The molecule has 0 saturated carbocycles. The molecule has 1 fully saturated rings. The number of pyridine rings is 1. The van der Waals surface area contributed by atoms with Crippen molar-refractivity contribution in [3.8, 4) is 5.75 Å². The van der Waals surface area contributed by atoms with E-state index >= 15 is 0 Å². The van der Waals surface area contributed by atoms with Crippen LogP contribution in [0.4, 0.5) is 0 Å². The number of benzene rings is 2. The SMILES string of the molecule is COc1ccc(S(=O)(=O)N2CCC(C(=O)OCc3cccc4cccnc34)CC2)cc1. The number of carbonyl (C=O) groups is 1. The van der Waals surface area contributed by atoms with Crippen LogP contribution in [0.1, 0.15) is 18.4 Å². The molecule has 0 atom stereocenters. The first kappa shape index (κ1) is 21.3. The maximum Gasteiger partial charge on any atom is 0.309 e. The number of esters is 1. The third-order valence-corrected chi connectivity index (χ3v) is 7.48. The van der Waals surface area contributed by atoms with Gasteiger partial charge in [0.25, 0.3) is 0 Å². The minimum atomic E-state index is -3.60. The monoisotopic (exact) mass is 440 g/mol. The molecule has 1 aliphatic rings. The van der Waals surface area contributed by atoms with E-state index in [1.165, 1.54) is 23.5 Å². The van der Waals surface area contributed by atoms with Crippen molar-refractivity contribution >= 4 is 26.9 Å². The van der Waals surface area contributed by atoms with Gasteiger partial charge >= 0.3 is 5.97 Å². The Bertz CT molecular complexity index is 1160. The van der Waals surface area contributed by atoms with Gasteiger partial charge in [-0.2, -0.15) is 4.31 Å². The van der Waals surface area contributed by atoms with Gasteiger partial charge in [0, 0.05) is 30.2 Å². The summed E-state index contributed by atoms with van der Waals surface area (Å²) in [5.74, 6) is -0.0125. The summed E-state index contributed by atoms with van der Waals surface area (Å²) in [5, 5.41) is 0.994. The number of nitrogens with zero attached hydrogens (tertiary/aromatic N) is 2. The highest BCUT2D eigenvalue weighted by molar-refractivity contribution is 7.89. The molecule has 2 heterocycles. The Morgan fingerprint density at radius 2 is 1.77 bits per heavy atom. The molecule has 8 heteroatoms. The summed E-state index contributed by atoms with van der Waals surface area (Å²) in [6.45, 7) is 0.714. The van der Waals surface area contributed by atoms with Gasteiger partial charge in [0.1, 0.15) is 12.4 Å². The lowest BCUT2D eigenvalue weighted by Crippen LogP contribution is -2.40. The molecule has 0 radical (unpaired) electrons. The van der Waals surface area contributed by atoms with E-state index < -0.39 is 10.0 Å². The van der Waals surface area contributed by atoms with Crippen LogP contribution in [0.15, 0.2) is 65.7 Å². The molecule has 7 nitrogen and oxygen atoms in total. The number of fused-ring (bicyclic) bond motifs is 1. The van der Waals surface area contributed by atoms with Crippen molar-refractivity contribution in [3.05, 3.63) is 66.4 Å². The average Bonchev–Trinajstić information content (AvgIpc) is 2.82. The summed E-state index contributed by atoms with van der Waals surface area (Å²) < 4.78 is 37.8. The van der Waals surface area contributed by atoms with Crippen molar-refractivity contribution in [2.75, 3.05) is 20.2 Å². The minimum absolute atomic E-state index is 0.150. The second-order valence-electron chi connectivity index (χ2n) is 7.45. The van der Waals surface area contributed by atoms with Gasteiger partial charge in [0.05, 0.1) is 23.4 Å². The lowest BCUT2D eigenvalue weighted by molar-refractivity contribution is -0.151. The van der Waals surface area contributed by atoms with E-state index in [4.69, 9.17) is 9.47 Å². The van der Waals surface area contributed by atoms with E-state index in [9.17, 15) is 13.2 Å². The van der Waals surface area contributed by atoms with Crippen molar-refractivity contribution < 1.29 is 22.7 Å². The Morgan fingerprint density at radius 3 is 2.48 bits per heavy atom. The third kappa shape index (κ3) is 4.55. The first-order chi connectivity index (χ1) is 15.0. The summed E-state index contributed by atoms with van der Waals surface area (Å²) in [4.78, 5) is 17.2. The lowest BCUT2D eigenvalue weighted by Gasteiger charge is -2.30. The molecule has 0 N–H and O–H groups in total. The molecule has 31 heavy (non-hydrogen) atoms. The first-order valence-corrected chi connectivity index (χ1v) is 11.6. The quantitative estimate of drug-likeness (QED) is 0.546. The second-order valence-corrected chi connectivity index (χ2v) is 9.39. The predicted octanol–water partition coefficient (Wildman–Crippen LogP) is 3.39. The summed E-state index contributed by atoms with van der Waals surface area (Å²) in [5.41, 5.74) is 1.67. The molecular formula is C23H24N2O5S. The smallest absolute Gasteiger partial charge is 0.309 e. The molecule has 1 aliphatic heterocycles. The molecule has 2 aromatic carbocycles. The topological polar surface area (TPSA) is 85.8 Å². The van der Waals surface area contributed by atoms with Gasteiger partial charge in [0.2, 0.25) is 10.0 Å². The zero-order valence-electron chi connectivity index (χ0n) is 17.2. The Balaban J connectivity index is 1.35. The zero-order valence-corrected chi connectivity index (χ0v) is 18.0. The van der Waals surface area contributed by atoms with Crippen molar-refractivity contribution in [2.24, 2.45) is 5.92 Å². The van der Waals surface area contributed by atoms with Crippen molar-refractivity contribution in [3.63, 3.8) is 0 Å². The standard InChI is InChI=1S/C23H24N2O5S/c1-29-20-7-9-21(10-8-20)31(27,28)25-14-11-18(12-15-25)23(26)30-16-19-5-2-4-17-6-3-13-24-22(17)19/h2-10,13,18H,11-12,14-16H2,1H3. The van der Waals surface area contributed by atoms with Crippen molar-refractivity contribution in [2.45, 2.75) is 24.3 Å². The molecule has 4 rings (SSSR count). The van der Waals surface area contributed by atoms with Gasteiger partial charge in [-0.15, -0.1) is 0 Å². The summed E-state index contributed by atoms with van der Waals surface area (Å²) >= 11 is 0. The molecule has 162 valence electrons. The van der Waals surface area contributed by atoms with E-state index in [-0.39, 0.29) is 36.5 Å². The molecular weight excluding hydrogens is 416 g/mol. The third-order valence-electron chi connectivity index (χ3n) is 5.57. The normalized spacial score (nSPS) is 15.6. The molecule has 1 aromatic heterocycles. The largest absolute Gasteiger partial charge is 0.497 e. The predicted molar refractivity (Wildman–Crippen MR) is 116 cm³/mol. The minimum Gasteiger partial charge on any atom is -0.497 e. The fraction of sp³-hybridized carbons (Fsp3) is 0.304. The number of sulfonamides is 1. The number of piperidine rings is 1. The lowest BCUT2D eigenvalue weighted by atomic mass is 9.98. The number of methoxy groups -OCH3 is 1. The van der Waals surface area contributed by atoms with E-state index in [0.29, 0.717) is 18.6 Å². The summed E-state index contributed by atoms with van der Waals surface area (Å²) in [6.07, 6.45) is 2.58. The number of hydrogen-bond donors (Lipinski definition) is 0. The van der Waals surface area contributed by atoms with Gasteiger partial charge in [-0.3, -0.25) is 9.78 Å². The zero-order chi connectivity index (χ0) is 21.8. The van der Waals surface area contributed by atoms with Crippen molar-refractivity contribution in [1.29, 1.82) is 0 Å². The highest BCUT2D eigenvalue weighted by Gasteiger charge is 2.32. The van der Waals surface area contributed by atoms with Crippen molar-refractivity contribution in [1.82, 2.24) is 9.29 Å². The van der Waals surface area contributed by atoms with Crippen LogP contribution in [0.25, 0.3) is 10.9 Å². The van der Waals surface area contributed by atoms with Crippen LogP contribution in [0.5, 0.6) is 5.75 Å². The number of carbonyl (C=O) groups excluding carboxylic acids is 1. The van der Waals surface area contributed by atoms with Gasteiger partial charge in [-0.05, 0) is 43.2 Å². The number of hydrogen-bond acceptors (Lipinski definition) is 6. The Labute approximate surface area is 181 Å². The highest BCUT2D eigenvalue weighted by atomic mass is 32.2. The van der Waals surface area contributed by atoms with Crippen LogP contribution in [0, 0.1) is 5.92 Å². The Hall–Kier alpha value is -2.97. The Kier molecular flexibility index (Phi) is 6.20. The molecule has 3 aromatic rings. The molecule has 0 bridgehead atoms. The highest BCUT2D eigenvalue weighted by Crippen LogP contribution is 2.26. The summed E-state index contributed by atoms with van der Waals surface area (Å²) in [6, 6.07) is 15.9. The van der Waals surface area contributed by atoms with Crippen LogP contribution in [-0.2, 0) is 26.2 Å².